The van der Waals surface area contributed by atoms with Gasteiger partial charge in [-0.25, -0.2) is 13.6 Å². The molecule has 0 aliphatic rings. The van der Waals surface area contributed by atoms with E-state index in [1.807, 2.05) is 20.8 Å². The van der Waals surface area contributed by atoms with Gasteiger partial charge in [-0.05, 0) is 46.2 Å². The average Bonchev–Trinajstić information content (AvgIpc) is 2.33. The maximum absolute atomic E-state index is 13.5. The van der Waals surface area contributed by atoms with Crippen LogP contribution in [0.1, 0.15) is 50.9 Å². The first kappa shape index (κ1) is 18.1. The van der Waals surface area contributed by atoms with Gasteiger partial charge in [0.05, 0.1) is 5.56 Å². The number of Topliss-reactive ketones (excluding diaryl/α,β-unsaturated/α-hetero) is 1. The fourth-order valence-electron chi connectivity index (χ4n) is 1.76. The summed E-state index contributed by atoms with van der Waals surface area (Å²) in [5.74, 6) is -2.07. The third kappa shape index (κ3) is 6.20. The number of ether oxygens (including phenoxy) is 1. The number of carbonyl (C=O) groups excluding carboxylic acids is 2. The molecule has 1 N–H and O–H groups in total. The maximum atomic E-state index is 13.5. The smallest absolute Gasteiger partial charge is 0.407 e. The van der Waals surface area contributed by atoms with E-state index in [4.69, 9.17) is 4.74 Å². The summed E-state index contributed by atoms with van der Waals surface area (Å²) in [7, 11) is 0. The lowest BCUT2D eigenvalue weighted by atomic mass is 10.0. The first-order chi connectivity index (χ1) is 10.1. The number of rotatable bonds is 5. The minimum absolute atomic E-state index is 0.00647. The molecule has 22 heavy (non-hydrogen) atoms. The molecule has 122 valence electrons. The average molecular weight is 313 g/mol. The van der Waals surface area contributed by atoms with E-state index in [0.717, 1.165) is 12.1 Å². The lowest BCUT2D eigenvalue weighted by molar-refractivity contribution is 0.0840. The Morgan fingerprint density at radius 2 is 1.91 bits per heavy atom. The van der Waals surface area contributed by atoms with Crippen molar-refractivity contribution >= 4 is 11.9 Å². The standard InChI is InChI=1S/C16H21F2NO3/c1-10(22-15(21)19-16(2,3)4)5-8-14(20)12-7-6-11(17)9-13(12)18/h6-7,9-10H,5,8H2,1-4H3,(H,19,21)/t10-/m0/s1. The van der Waals surface area contributed by atoms with Crippen LogP contribution in [-0.2, 0) is 4.74 Å². The molecule has 1 rings (SSSR count). The van der Waals surface area contributed by atoms with Gasteiger partial charge in [-0.2, -0.15) is 0 Å². The molecule has 0 aromatic heterocycles. The van der Waals surface area contributed by atoms with Crippen molar-refractivity contribution < 1.29 is 23.1 Å². The van der Waals surface area contributed by atoms with Gasteiger partial charge >= 0.3 is 6.09 Å². The van der Waals surface area contributed by atoms with Crippen LogP contribution in [0, 0.1) is 11.6 Å². The largest absolute Gasteiger partial charge is 0.447 e. The van der Waals surface area contributed by atoms with Crippen LogP contribution in [0.2, 0.25) is 0 Å². The van der Waals surface area contributed by atoms with Crippen LogP contribution in [0.25, 0.3) is 0 Å². The van der Waals surface area contributed by atoms with Crippen molar-refractivity contribution in [2.45, 2.75) is 52.2 Å². The van der Waals surface area contributed by atoms with Gasteiger partial charge in [0.1, 0.15) is 17.7 Å². The molecule has 0 heterocycles. The molecular formula is C16H21F2NO3. The van der Waals surface area contributed by atoms with Crippen molar-refractivity contribution in [1.29, 1.82) is 0 Å². The van der Waals surface area contributed by atoms with Crippen molar-refractivity contribution in [2.24, 2.45) is 0 Å². The highest BCUT2D eigenvalue weighted by Crippen LogP contribution is 2.14. The Morgan fingerprint density at radius 3 is 2.45 bits per heavy atom. The van der Waals surface area contributed by atoms with E-state index in [1.54, 1.807) is 6.92 Å². The van der Waals surface area contributed by atoms with Crippen LogP contribution in [0.15, 0.2) is 18.2 Å². The summed E-state index contributed by atoms with van der Waals surface area (Å²) in [6.07, 6.45) is -0.796. The predicted octanol–water partition coefficient (Wildman–Crippen LogP) is 3.84. The van der Waals surface area contributed by atoms with E-state index in [-0.39, 0.29) is 18.4 Å². The Kier molecular flexibility index (Phi) is 6.02. The summed E-state index contributed by atoms with van der Waals surface area (Å²) in [6, 6.07) is 2.82. The van der Waals surface area contributed by atoms with Crippen LogP contribution in [0.5, 0.6) is 0 Å². The number of hydrogen-bond donors (Lipinski definition) is 1. The normalized spacial score (nSPS) is 12.6. The monoisotopic (exact) mass is 313 g/mol. The highest BCUT2D eigenvalue weighted by atomic mass is 19.1. The van der Waals surface area contributed by atoms with Crippen LogP contribution in [-0.4, -0.2) is 23.5 Å². The number of hydrogen-bond acceptors (Lipinski definition) is 3. The molecule has 1 aromatic carbocycles. The second-order valence-corrected chi connectivity index (χ2v) is 6.18. The molecule has 0 fully saturated rings. The summed E-state index contributed by atoms with van der Waals surface area (Å²) in [4.78, 5) is 23.4. The first-order valence-electron chi connectivity index (χ1n) is 7.05. The third-order valence-corrected chi connectivity index (χ3v) is 2.79. The van der Waals surface area contributed by atoms with E-state index < -0.39 is 35.2 Å². The third-order valence-electron chi connectivity index (χ3n) is 2.79. The van der Waals surface area contributed by atoms with E-state index >= 15 is 0 Å². The topological polar surface area (TPSA) is 55.4 Å². The van der Waals surface area contributed by atoms with E-state index in [1.165, 1.54) is 0 Å². The Hall–Kier alpha value is -1.98. The molecule has 1 atom stereocenters. The Labute approximate surface area is 128 Å². The fourth-order valence-corrected chi connectivity index (χ4v) is 1.76. The second kappa shape index (κ2) is 7.33. The van der Waals surface area contributed by atoms with Gasteiger partial charge in [-0.1, -0.05) is 0 Å². The van der Waals surface area contributed by atoms with Crippen molar-refractivity contribution in [1.82, 2.24) is 5.32 Å². The Balaban J connectivity index is 2.48. The lowest BCUT2D eigenvalue weighted by Gasteiger charge is -2.22. The Morgan fingerprint density at radius 1 is 1.27 bits per heavy atom. The molecule has 0 saturated heterocycles. The van der Waals surface area contributed by atoms with Gasteiger partial charge in [0, 0.05) is 18.0 Å². The first-order valence-corrected chi connectivity index (χ1v) is 7.05. The minimum Gasteiger partial charge on any atom is -0.447 e. The molecule has 6 heteroatoms. The van der Waals surface area contributed by atoms with Crippen LogP contribution in [0.4, 0.5) is 13.6 Å². The number of carbonyl (C=O) groups is 2. The molecule has 0 aliphatic heterocycles. The molecule has 0 aliphatic carbocycles. The maximum Gasteiger partial charge on any atom is 0.407 e. The molecule has 0 unspecified atom stereocenters. The molecule has 4 nitrogen and oxygen atoms in total. The quantitative estimate of drug-likeness (QED) is 0.840. The predicted molar refractivity (Wildman–Crippen MR) is 78.8 cm³/mol. The SMILES string of the molecule is C[C@@H](CCC(=O)c1ccc(F)cc1F)OC(=O)NC(C)(C)C. The number of ketones is 1. The van der Waals surface area contributed by atoms with Crippen LogP contribution < -0.4 is 5.32 Å². The summed E-state index contributed by atoms with van der Waals surface area (Å²) in [6.45, 7) is 7.11. The van der Waals surface area contributed by atoms with E-state index in [2.05, 4.69) is 5.32 Å². The minimum atomic E-state index is -0.885. The van der Waals surface area contributed by atoms with Crippen LogP contribution >= 0.6 is 0 Å². The zero-order valence-corrected chi connectivity index (χ0v) is 13.2. The molecule has 0 radical (unpaired) electrons. The van der Waals surface area contributed by atoms with Crippen molar-refractivity contribution in [3.05, 3.63) is 35.4 Å². The van der Waals surface area contributed by atoms with Gasteiger partial charge in [0.25, 0.3) is 0 Å². The molecule has 1 aromatic rings. The number of benzene rings is 1. The Bertz CT molecular complexity index is 553. The highest BCUT2D eigenvalue weighted by molar-refractivity contribution is 5.96. The van der Waals surface area contributed by atoms with Crippen molar-refractivity contribution in [3.63, 3.8) is 0 Å². The molecular weight excluding hydrogens is 292 g/mol. The van der Waals surface area contributed by atoms with Gasteiger partial charge < -0.3 is 10.1 Å². The van der Waals surface area contributed by atoms with E-state index in [0.29, 0.717) is 6.07 Å². The van der Waals surface area contributed by atoms with Gasteiger partial charge in [0.15, 0.2) is 5.78 Å². The summed E-state index contributed by atoms with van der Waals surface area (Å²) in [5, 5.41) is 2.64. The number of amides is 1. The van der Waals surface area contributed by atoms with E-state index in [9.17, 15) is 18.4 Å². The second-order valence-electron chi connectivity index (χ2n) is 6.18. The number of nitrogens with one attached hydrogen (secondary N) is 1. The van der Waals surface area contributed by atoms with Crippen LogP contribution in [0.3, 0.4) is 0 Å². The summed E-state index contributed by atoms with van der Waals surface area (Å²) < 4.78 is 31.4. The summed E-state index contributed by atoms with van der Waals surface area (Å²) in [5.41, 5.74) is -0.572. The fraction of sp³-hybridized carbons (Fsp3) is 0.500. The molecule has 0 bridgehead atoms. The molecule has 1 amide bonds. The zero-order chi connectivity index (χ0) is 16.9. The van der Waals surface area contributed by atoms with Crippen molar-refractivity contribution in [3.8, 4) is 0 Å². The lowest BCUT2D eigenvalue weighted by Crippen LogP contribution is -2.42. The summed E-state index contributed by atoms with van der Waals surface area (Å²) >= 11 is 0. The van der Waals surface area contributed by atoms with Crippen molar-refractivity contribution in [2.75, 3.05) is 0 Å². The highest BCUT2D eigenvalue weighted by Gasteiger charge is 2.18. The van der Waals surface area contributed by atoms with Gasteiger partial charge in [0.2, 0.25) is 0 Å². The number of halogens is 2. The van der Waals surface area contributed by atoms with Gasteiger partial charge in [-0.15, -0.1) is 0 Å². The number of alkyl carbamates (subject to hydrolysis) is 1. The molecule has 0 saturated carbocycles. The molecule has 0 spiro atoms. The zero-order valence-electron chi connectivity index (χ0n) is 13.2. The van der Waals surface area contributed by atoms with Gasteiger partial charge in [-0.3, -0.25) is 4.79 Å².